The third-order valence-electron chi connectivity index (χ3n) is 4.07. The fraction of sp³-hybridized carbons (Fsp3) is 1.00. The Kier molecular flexibility index (Phi) is 6.25. The molecule has 2 heterocycles. The highest BCUT2D eigenvalue weighted by atomic mass is 32.1. The van der Waals surface area contributed by atoms with Crippen LogP contribution in [0.1, 0.15) is 0 Å². The molecule has 0 radical (unpaired) electrons. The van der Waals surface area contributed by atoms with Gasteiger partial charge in [0.2, 0.25) is 5.79 Å². The number of ether oxygens (including phenoxy) is 3. The fourth-order valence-electron chi connectivity index (χ4n) is 2.63. The molecule has 0 aromatic heterocycles. The molecule has 23 heavy (non-hydrogen) atoms. The van der Waals surface area contributed by atoms with E-state index in [0.29, 0.717) is 0 Å². The van der Waals surface area contributed by atoms with Crippen LogP contribution in [0.4, 0.5) is 0 Å². The molecule has 10 nitrogen and oxygen atoms in total. The summed E-state index contributed by atoms with van der Waals surface area (Å²) in [7, 11) is 0. The Morgan fingerprint density at radius 1 is 0.913 bits per heavy atom. The maximum absolute atomic E-state index is 10.0. The number of hydrogen-bond acceptors (Lipinski definition) is 11. The third-order valence-corrected chi connectivity index (χ3v) is 4.43. The highest BCUT2D eigenvalue weighted by Crippen LogP contribution is 2.35. The van der Waals surface area contributed by atoms with Crippen molar-refractivity contribution in [3.63, 3.8) is 0 Å². The standard InChI is InChI=1S/C12H22O10S/c13-1-4-7(16)10(19)12(3-14,21-4)22-11-9(18)8(17)6(15)5(2-23)20-11/h4-11,13-19,23H,1-3H2/t4-,5-,6-,7-,8+,9-,10+,11?,12?/m1/s1. The normalized spacial score (nSPS) is 51.1. The van der Waals surface area contributed by atoms with E-state index in [9.17, 15) is 30.6 Å². The summed E-state index contributed by atoms with van der Waals surface area (Å²) >= 11 is 3.95. The van der Waals surface area contributed by atoms with Crippen LogP contribution < -0.4 is 0 Å². The molecule has 0 bridgehead atoms. The van der Waals surface area contributed by atoms with Crippen LogP contribution in [0.3, 0.4) is 0 Å². The highest BCUT2D eigenvalue weighted by molar-refractivity contribution is 7.80. The average Bonchev–Trinajstić information content (AvgIpc) is 2.80. The topological polar surface area (TPSA) is 169 Å². The summed E-state index contributed by atoms with van der Waals surface area (Å²) in [5.41, 5.74) is 0. The summed E-state index contributed by atoms with van der Waals surface area (Å²) in [6.07, 6.45) is -11.8. The van der Waals surface area contributed by atoms with E-state index in [1.807, 2.05) is 0 Å². The Balaban J connectivity index is 2.18. The Morgan fingerprint density at radius 3 is 2.04 bits per heavy atom. The minimum Gasteiger partial charge on any atom is -0.394 e. The zero-order valence-corrected chi connectivity index (χ0v) is 12.9. The Hall–Kier alpha value is -0.0500. The molecule has 0 amide bonds. The van der Waals surface area contributed by atoms with Gasteiger partial charge >= 0.3 is 0 Å². The van der Waals surface area contributed by atoms with E-state index in [1.165, 1.54) is 0 Å². The van der Waals surface area contributed by atoms with Crippen molar-refractivity contribution in [1.29, 1.82) is 0 Å². The smallest absolute Gasteiger partial charge is 0.224 e. The van der Waals surface area contributed by atoms with Crippen LogP contribution in [-0.2, 0) is 14.2 Å². The average molecular weight is 358 g/mol. The fourth-order valence-corrected chi connectivity index (χ4v) is 2.93. The summed E-state index contributed by atoms with van der Waals surface area (Å²) in [5.74, 6) is -2.16. The quantitative estimate of drug-likeness (QED) is 0.224. The van der Waals surface area contributed by atoms with Crippen molar-refractivity contribution in [2.24, 2.45) is 0 Å². The van der Waals surface area contributed by atoms with Crippen molar-refractivity contribution in [1.82, 2.24) is 0 Å². The van der Waals surface area contributed by atoms with Gasteiger partial charge in [-0.05, 0) is 0 Å². The highest BCUT2D eigenvalue weighted by Gasteiger charge is 2.58. The maximum Gasteiger partial charge on any atom is 0.224 e. The molecule has 2 saturated heterocycles. The molecule has 0 aromatic rings. The first kappa shape index (κ1) is 19.3. The molecule has 0 saturated carbocycles. The Labute approximate surface area is 137 Å². The monoisotopic (exact) mass is 358 g/mol. The predicted molar refractivity (Wildman–Crippen MR) is 75.4 cm³/mol. The number of aliphatic hydroxyl groups excluding tert-OH is 7. The van der Waals surface area contributed by atoms with Gasteiger partial charge in [0.25, 0.3) is 0 Å². The summed E-state index contributed by atoms with van der Waals surface area (Å²) in [5, 5.41) is 67.9. The van der Waals surface area contributed by atoms with Crippen molar-refractivity contribution in [2.45, 2.75) is 54.8 Å². The SMILES string of the molecule is OC[C@H]1OC(CO)(OC2O[C@H](CS)[C@@H](O)[C@H](O)[C@H]2O)[C@@H](O)[C@@H]1O. The summed E-state index contributed by atoms with van der Waals surface area (Å²) in [6.45, 7) is -1.56. The molecule has 0 aliphatic carbocycles. The van der Waals surface area contributed by atoms with E-state index in [1.54, 1.807) is 0 Å². The molecule has 7 N–H and O–H groups in total. The lowest BCUT2D eigenvalue weighted by Crippen LogP contribution is -2.62. The van der Waals surface area contributed by atoms with Crippen molar-refractivity contribution in [3.05, 3.63) is 0 Å². The molecule has 136 valence electrons. The lowest BCUT2D eigenvalue weighted by atomic mass is 9.99. The van der Waals surface area contributed by atoms with E-state index >= 15 is 0 Å². The molecule has 0 spiro atoms. The Morgan fingerprint density at radius 2 is 1.57 bits per heavy atom. The van der Waals surface area contributed by atoms with Crippen LogP contribution in [0.2, 0.25) is 0 Å². The molecular formula is C12H22O10S. The number of rotatable bonds is 5. The van der Waals surface area contributed by atoms with Gasteiger partial charge < -0.3 is 50.0 Å². The lowest BCUT2D eigenvalue weighted by molar-refractivity contribution is -0.380. The van der Waals surface area contributed by atoms with E-state index in [4.69, 9.17) is 19.3 Å². The molecule has 2 fully saturated rings. The minimum atomic E-state index is -2.17. The van der Waals surface area contributed by atoms with Gasteiger partial charge in [0.1, 0.15) is 43.2 Å². The number of aliphatic hydroxyl groups is 7. The largest absolute Gasteiger partial charge is 0.394 e. The minimum absolute atomic E-state index is 0.00221. The van der Waals surface area contributed by atoms with Gasteiger partial charge in [-0.2, -0.15) is 12.6 Å². The van der Waals surface area contributed by atoms with Crippen LogP contribution in [-0.4, -0.2) is 110 Å². The zero-order valence-electron chi connectivity index (χ0n) is 12.0. The Bertz CT molecular complexity index is 398. The van der Waals surface area contributed by atoms with Gasteiger partial charge in [0.15, 0.2) is 6.29 Å². The predicted octanol–water partition coefficient (Wildman–Crippen LogP) is -4.46. The van der Waals surface area contributed by atoms with Gasteiger partial charge in [-0.3, -0.25) is 0 Å². The van der Waals surface area contributed by atoms with Gasteiger partial charge in [0.05, 0.1) is 12.7 Å². The van der Waals surface area contributed by atoms with Gasteiger partial charge in [-0.1, -0.05) is 0 Å². The van der Waals surface area contributed by atoms with Gasteiger partial charge in [-0.15, -0.1) is 0 Å². The number of thiol groups is 1. The first-order valence-corrected chi connectivity index (χ1v) is 7.68. The molecule has 2 rings (SSSR count). The first-order chi connectivity index (χ1) is 10.8. The summed E-state index contributed by atoms with van der Waals surface area (Å²) in [6, 6.07) is 0. The summed E-state index contributed by atoms with van der Waals surface area (Å²) in [4.78, 5) is 0. The summed E-state index contributed by atoms with van der Waals surface area (Å²) < 4.78 is 15.7. The molecule has 2 aliphatic rings. The van der Waals surface area contributed by atoms with Gasteiger partial charge in [0, 0.05) is 5.75 Å². The van der Waals surface area contributed by atoms with Crippen LogP contribution in [0, 0.1) is 0 Å². The van der Waals surface area contributed by atoms with Crippen molar-refractivity contribution < 1.29 is 50.0 Å². The molecular weight excluding hydrogens is 336 g/mol. The van der Waals surface area contributed by atoms with Crippen LogP contribution in [0.15, 0.2) is 0 Å². The second kappa shape index (κ2) is 7.45. The second-order valence-electron chi connectivity index (χ2n) is 5.56. The van der Waals surface area contributed by atoms with Crippen LogP contribution in [0.5, 0.6) is 0 Å². The third kappa shape index (κ3) is 3.37. The van der Waals surface area contributed by atoms with Crippen LogP contribution in [0.25, 0.3) is 0 Å². The molecule has 11 heteroatoms. The first-order valence-electron chi connectivity index (χ1n) is 7.05. The number of hydrogen-bond donors (Lipinski definition) is 8. The van der Waals surface area contributed by atoms with Crippen LogP contribution >= 0.6 is 12.6 Å². The molecule has 2 unspecified atom stereocenters. The van der Waals surface area contributed by atoms with Crippen molar-refractivity contribution in [3.8, 4) is 0 Å². The second-order valence-corrected chi connectivity index (χ2v) is 5.92. The molecule has 0 aromatic carbocycles. The lowest BCUT2D eigenvalue weighted by Gasteiger charge is -2.43. The molecule has 9 atom stereocenters. The molecule has 2 aliphatic heterocycles. The zero-order chi connectivity index (χ0) is 17.4. The van der Waals surface area contributed by atoms with E-state index in [-0.39, 0.29) is 5.75 Å². The van der Waals surface area contributed by atoms with E-state index < -0.39 is 68.0 Å². The van der Waals surface area contributed by atoms with E-state index in [0.717, 1.165) is 0 Å². The van der Waals surface area contributed by atoms with Gasteiger partial charge in [-0.25, -0.2) is 0 Å². The van der Waals surface area contributed by atoms with Crippen molar-refractivity contribution in [2.75, 3.05) is 19.0 Å². The maximum atomic E-state index is 10.0. The van der Waals surface area contributed by atoms with E-state index in [2.05, 4.69) is 12.6 Å². The van der Waals surface area contributed by atoms with Crippen molar-refractivity contribution >= 4 is 12.6 Å².